The molecule has 2 aromatic carbocycles. The highest BCUT2D eigenvalue weighted by atomic mass is 16.4. The second kappa shape index (κ2) is 17.5. The summed E-state index contributed by atoms with van der Waals surface area (Å²) in [5.41, 5.74) is 1.62. The molecule has 0 saturated heterocycles. The average Bonchev–Trinajstić information content (AvgIpc) is 2.77. The smallest absolute Gasteiger partial charge is 0.373 e. The summed E-state index contributed by atoms with van der Waals surface area (Å²) in [6.45, 7) is 3.73. The van der Waals surface area contributed by atoms with Crippen molar-refractivity contribution in [2.24, 2.45) is 0 Å². The van der Waals surface area contributed by atoms with Gasteiger partial charge in [-0.05, 0) is 31.5 Å². The predicted octanol–water partition coefficient (Wildman–Crippen LogP) is 5.62. The Morgan fingerprint density at radius 1 is 0.774 bits per heavy atom. The van der Waals surface area contributed by atoms with Gasteiger partial charge in [-0.15, -0.1) is 0 Å². The molecule has 0 spiro atoms. The summed E-state index contributed by atoms with van der Waals surface area (Å²) in [4.78, 5) is 49.7. The quantitative estimate of drug-likeness (QED) is 0.390. The summed E-state index contributed by atoms with van der Waals surface area (Å²) >= 11 is 0. The minimum atomic E-state index is -0.879. The van der Waals surface area contributed by atoms with Crippen molar-refractivity contribution in [2.45, 2.75) is 58.8 Å². The zero-order valence-electron chi connectivity index (χ0n) is 18.1. The van der Waals surface area contributed by atoms with E-state index in [0.29, 0.717) is 23.1 Å². The molecular formula is C25H30O6. The lowest BCUT2D eigenvalue weighted by atomic mass is 10.0. The third-order valence-electron chi connectivity index (χ3n) is 4.37. The van der Waals surface area contributed by atoms with Gasteiger partial charge in [0.05, 0.1) is 5.56 Å². The molecule has 0 aliphatic heterocycles. The summed E-state index contributed by atoms with van der Waals surface area (Å²) in [5.74, 6) is -0.719. The predicted molar refractivity (Wildman–Crippen MR) is 117 cm³/mol. The van der Waals surface area contributed by atoms with E-state index in [4.69, 9.17) is 14.7 Å². The van der Waals surface area contributed by atoms with Crippen LogP contribution in [0, 0.1) is 0 Å². The normalized spacial score (nSPS) is 9.23. The summed E-state index contributed by atoms with van der Waals surface area (Å²) in [7, 11) is 0. The van der Waals surface area contributed by atoms with Crippen LogP contribution < -0.4 is 0 Å². The lowest BCUT2D eigenvalue weighted by Crippen LogP contribution is -2.01. The van der Waals surface area contributed by atoms with Gasteiger partial charge in [0.15, 0.2) is 11.6 Å². The van der Waals surface area contributed by atoms with E-state index in [1.54, 1.807) is 54.6 Å². The molecule has 0 fully saturated rings. The van der Waals surface area contributed by atoms with Crippen molar-refractivity contribution in [1.29, 1.82) is 0 Å². The van der Waals surface area contributed by atoms with E-state index < -0.39 is 5.97 Å². The number of ketones is 2. The lowest BCUT2D eigenvalue weighted by Gasteiger charge is -2.03. The van der Waals surface area contributed by atoms with E-state index in [-0.39, 0.29) is 17.7 Å². The zero-order chi connectivity index (χ0) is 23.5. The number of hydrogen-bond donors (Lipinski definition) is 1. The molecule has 0 aromatic heterocycles. The molecule has 0 saturated carbocycles. The van der Waals surface area contributed by atoms with Gasteiger partial charge in [-0.2, -0.15) is 9.59 Å². The first-order valence-corrected chi connectivity index (χ1v) is 10.3. The molecule has 31 heavy (non-hydrogen) atoms. The number of carboxylic acid groups (broad SMARTS) is 1. The first kappa shape index (κ1) is 27.6. The molecule has 2 aromatic rings. The Kier molecular flexibility index (Phi) is 15.6. The maximum absolute atomic E-state index is 12.0. The maximum atomic E-state index is 12.0. The third-order valence-corrected chi connectivity index (χ3v) is 4.37. The van der Waals surface area contributed by atoms with Crippen molar-refractivity contribution in [2.75, 3.05) is 0 Å². The monoisotopic (exact) mass is 426 g/mol. The Morgan fingerprint density at radius 2 is 1.29 bits per heavy atom. The first-order chi connectivity index (χ1) is 14.9. The number of rotatable bonds is 10. The molecule has 166 valence electrons. The maximum Gasteiger partial charge on any atom is 0.373 e. The van der Waals surface area contributed by atoms with Gasteiger partial charge in [-0.1, -0.05) is 75.4 Å². The van der Waals surface area contributed by atoms with E-state index in [9.17, 15) is 14.4 Å². The van der Waals surface area contributed by atoms with Crippen molar-refractivity contribution >= 4 is 23.7 Å². The van der Waals surface area contributed by atoms with E-state index in [2.05, 4.69) is 6.92 Å². The molecule has 6 nitrogen and oxygen atoms in total. The molecule has 6 heteroatoms. The van der Waals surface area contributed by atoms with Crippen molar-refractivity contribution in [3.63, 3.8) is 0 Å². The molecule has 0 amide bonds. The molecule has 0 aliphatic rings. The lowest BCUT2D eigenvalue weighted by molar-refractivity contribution is -0.191. The number of Topliss-reactive ketones (excluding diaryl/α,β-unsaturated/α-hetero) is 2. The summed E-state index contributed by atoms with van der Waals surface area (Å²) in [6.07, 6.45) is 7.93. The Hall–Kier alpha value is -3.37. The zero-order valence-corrected chi connectivity index (χ0v) is 18.1. The number of carboxylic acids is 1. The molecule has 0 bridgehead atoms. The van der Waals surface area contributed by atoms with Crippen LogP contribution in [0.25, 0.3) is 0 Å². The van der Waals surface area contributed by atoms with Crippen LogP contribution in [0.1, 0.15) is 89.9 Å². The Labute approximate surface area is 183 Å². The standard InChI is InChI=1S/C17H24O2.C7H6O2.CO2/c1-3-4-5-6-7-8-12-17(19)16-11-9-10-15(13-16)14(2)18;8-7(9)6-4-2-1-3-5-6;2-1-3/h9-11,13H,3-8,12H2,1-2H3;1-5H,(H,8,9);. The summed E-state index contributed by atoms with van der Waals surface area (Å²) in [5, 5.41) is 8.38. The van der Waals surface area contributed by atoms with E-state index >= 15 is 0 Å². The molecule has 1 N–H and O–H groups in total. The van der Waals surface area contributed by atoms with E-state index in [1.165, 1.54) is 32.6 Å². The number of carbonyl (C=O) groups is 3. The fourth-order valence-electron chi connectivity index (χ4n) is 2.70. The van der Waals surface area contributed by atoms with E-state index in [0.717, 1.165) is 12.8 Å². The van der Waals surface area contributed by atoms with Gasteiger partial charge >= 0.3 is 12.1 Å². The summed E-state index contributed by atoms with van der Waals surface area (Å²) < 4.78 is 0. The van der Waals surface area contributed by atoms with Crippen LogP contribution in [-0.2, 0) is 9.59 Å². The van der Waals surface area contributed by atoms with Gasteiger partial charge in [0.1, 0.15) is 0 Å². The topological polar surface area (TPSA) is 106 Å². The molecule has 2 rings (SSSR count). The Bertz CT molecular complexity index is 836. The molecular weight excluding hydrogens is 396 g/mol. The fourth-order valence-corrected chi connectivity index (χ4v) is 2.70. The van der Waals surface area contributed by atoms with Gasteiger partial charge in [0.25, 0.3) is 0 Å². The van der Waals surface area contributed by atoms with E-state index in [1.807, 2.05) is 0 Å². The molecule has 0 aliphatic carbocycles. The Balaban J connectivity index is 0.000000619. The first-order valence-electron chi connectivity index (χ1n) is 10.3. The molecule has 0 heterocycles. The molecule has 0 atom stereocenters. The van der Waals surface area contributed by atoms with Crippen LogP contribution in [0.3, 0.4) is 0 Å². The minimum Gasteiger partial charge on any atom is -0.478 e. The number of benzene rings is 2. The van der Waals surface area contributed by atoms with Gasteiger partial charge < -0.3 is 5.11 Å². The van der Waals surface area contributed by atoms with Crippen LogP contribution in [0.4, 0.5) is 0 Å². The van der Waals surface area contributed by atoms with Crippen LogP contribution in [-0.4, -0.2) is 28.8 Å². The van der Waals surface area contributed by atoms with Gasteiger partial charge in [0.2, 0.25) is 0 Å². The van der Waals surface area contributed by atoms with Gasteiger partial charge in [-0.3, -0.25) is 9.59 Å². The highest BCUT2D eigenvalue weighted by molar-refractivity contribution is 6.00. The van der Waals surface area contributed by atoms with Crippen LogP contribution in [0.15, 0.2) is 54.6 Å². The number of unbranched alkanes of at least 4 members (excludes halogenated alkanes) is 5. The van der Waals surface area contributed by atoms with Crippen LogP contribution in [0.5, 0.6) is 0 Å². The van der Waals surface area contributed by atoms with Crippen LogP contribution in [0.2, 0.25) is 0 Å². The SMILES string of the molecule is CCCCCCCCC(=O)c1cccc(C(C)=O)c1.O=C(O)c1ccccc1.O=C=O. The summed E-state index contributed by atoms with van der Waals surface area (Å²) in [6, 6.07) is 15.3. The largest absolute Gasteiger partial charge is 0.478 e. The van der Waals surface area contributed by atoms with Crippen LogP contribution >= 0.6 is 0 Å². The van der Waals surface area contributed by atoms with Crippen molar-refractivity contribution in [1.82, 2.24) is 0 Å². The number of aromatic carboxylic acids is 1. The third kappa shape index (κ3) is 13.5. The number of hydrogen-bond acceptors (Lipinski definition) is 5. The molecule has 0 radical (unpaired) electrons. The van der Waals surface area contributed by atoms with Gasteiger partial charge in [0, 0.05) is 17.5 Å². The van der Waals surface area contributed by atoms with Crippen molar-refractivity contribution in [3.8, 4) is 0 Å². The molecule has 0 unspecified atom stereocenters. The highest BCUT2D eigenvalue weighted by Crippen LogP contribution is 2.12. The fraction of sp³-hybridized carbons (Fsp3) is 0.360. The second-order valence-corrected chi connectivity index (χ2v) is 6.83. The highest BCUT2D eigenvalue weighted by Gasteiger charge is 2.07. The minimum absolute atomic E-state index is 0.00853. The van der Waals surface area contributed by atoms with Gasteiger partial charge in [-0.25, -0.2) is 4.79 Å². The average molecular weight is 427 g/mol. The van der Waals surface area contributed by atoms with Crippen molar-refractivity contribution < 1.29 is 29.1 Å². The second-order valence-electron chi connectivity index (χ2n) is 6.83. The Morgan fingerprint density at radius 3 is 1.81 bits per heavy atom. The van der Waals surface area contributed by atoms with Crippen molar-refractivity contribution in [3.05, 3.63) is 71.3 Å². The number of carbonyl (C=O) groups excluding carboxylic acids is 4.